The molecule has 115 heavy (non-hydrogen) atoms. The van der Waals surface area contributed by atoms with Crippen molar-refractivity contribution < 1.29 is 146 Å². The second-order valence-corrected chi connectivity index (χ2v) is 30.1. The summed E-state index contributed by atoms with van der Waals surface area (Å²) in [5.41, 5.74) is 1.26. The van der Waals surface area contributed by atoms with E-state index < -0.39 is 273 Å². The lowest BCUT2D eigenvalue weighted by molar-refractivity contribution is -0.0192. The van der Waals surface area contributed by atoms with E-state index in [-0.39, 0.29) is 130 Å². The molecule has 5 saturated heterocycles. The molecule has 640 valence electrons. The average Bonchev–Trinajstić information content (AvgIpc) is 0.705. The fraction of sp³-hybridized carbons (Fsp3) is 0.684. The van der Waals surface area contributed by atoms with Gasteiger partial charge in [-0.3, -0.25) is 24.5 Å². The van der Waals surface area contributed by atoms with E-state index >= 15 is 0 Å². The summed E-state index contributed by atoms with van der Waals surface area (Å²) in [6, 6.07) is 8.93. The Morgan fingerprint density at radius 1 is 0.322 bits per heavy atom. The van der Waals surface area contributed by atoms with Gasteiger partial charge >= 0.3 is 0 Å². The Hall–Kier alpha value is -6.30. The van der Waals surface area contributed by atoms with Crippen LogP contribution in [0.25, 0.3) is 0 Å². The van der Waals surface area contributed by atoms with Crippen molar-refractivity contribution in [3.63, 3.8) is 0 Å². The number of piperidine rings is 5. The first-order valence-corrected chi connectivity index (χ1v) is 37.9. The molecule has 0 spiro atoms. The van der Waals surface area contributed by atoms with Crippen LogP contribution in [0.5, 0.6) is 57.5 Å². The second-order valence-electron chi connectivity index (χ2n) is 30.1. The van der Waals surface area contributed by atoms with Gasteiger partial charge in [-0.2, -0.15) is 0 Å². The molecule has 10 aliphatic heterocycles. The minimum atomic E-state index is -3.06. The number of aliphatic hydroxyl groups is 5. The minimum absolute atomic E-state index is 0.0204. The van der Waals surface area contributed by atoms with Gasteiger partial charge in [-0.1, -0.05) is 68.9 Å². The molecule has 0 aromatic heterocycles. The highest BCUT2D eigenvalue weighted by Gasteiger charge is 2.45. The van der Waals surface area contributed by atoms with Crippen LogP contribution in [0.15, 0.2) is 60.7 Å². The summed E-state index contributed by atoms with van der Waals surface area (Å²) in [7, 11) is 0.848. The number of aryl methyl sites for hydroxylation is 5. The second kappa shape index (κ2) is 40.6. The van der Waals surface area contributed by atoms with Gasteiger partial charge in [0.15, 0.2) is 57.5 Å². The van der Waals surface area contributed by atoms with E-state index in [4.69, 9.17) is 120 Å². The van der Waals surface area contributed by atoms with Crippen molar-refractivity contribution >= 4 is 0 Å². The Kier molecular flexibility index (Phi) is 15.1. The zero-order valence-corrected chi connectivity index (χ0v) is 66.8. The largest absolute Gasteiger partial charge is 0.493 e. The molecule has 5 N–H and O–H groups in total. The van der Waals surface area contributed by atoms with Crippen LogP contribution < -0.4 is 47.4 Å². The van der Waals surface area contributed by atoms with Crippen LogP contribution in [-0.2, 0) is 31.9 Å². The standard InChI is InChI=1S/5C19H29NO3/c5*1-12(2)7-14-11-20-6-5-13-8-18(22-3)19(23-4)9-15(13)16(20)10-17(14)21/h5*8-9,12,14,16-17,21H,5-7,10-11H2,1-4H3/i2*1D3,4D3,5D2,6D2,7D2,12D;2*1D3,5D2,6D2,7D2,12D;4D3,5D2,6D2. The normalized spacial score (nSPS) is 42.0. The van der Waals surface area contributed by atoms with Crippen LogP contribution in [0.4, 0.5) is 0 Å². The average molecular weight is 1650 g/mol. The highest BCUT2D eigenvalue weighted by Crippen LogP contribution is 2.50. The summed E-state index contributed by atoms with van der Waals surface area (Å²) in [6.45, 7) is -19.4. The van der Waals surface area contributed by atoms with Gasteiger partial charge in [0, 0.05) is 156 Å². The zero-order chi connectivity index (χ0) is 129. The van der Waals surface area contributed by atoms with Crippen LogP contribution in [0, 0.1) is 59.1 Å². The maximum absolute atomic E-state index is 11.0. The lowest BCUT2D eigenvalue weighted by Crippen LogP contribution is -2.48. The third-order valence-corrected chi connectivity index (χ3v) is 21.9. The fourth-order valence-electron chi connectivity index (χ4n) is 16.4. The van der Waals surface area contributed by atoms with E-state index in [1.807, 2.05) is 13.8 Å². The molecule has 0 radical (unpaired) electrons. The summed E-state index contributed by atoms with van der Waals surface area (Å²) in [6.07, 6.45) is -30.6. The number of hydrogen-bond donors (Lipinski definition) is 5. The Morgan fingerprint density at radius 2 is 0.513 bits per heavy atom. The number of rotatable bonds is 20. The molecular weight excluding hydrogens is 1450 g/mol. The molecule has 5 fully saturated rings. The van der Waals surface area contributed by atoms with Gasteiger partial charge in [0.05, 0.1) is 114 Å². The van der Waals surface area contributed by atoms with Gasteiger partial charge in [-0.15, -0.1) is 0 Å². The number of methoxy groups -OCH3 is 10. The Labute approximate surface area is 764 Å². The molecule has 0 bridgehead atoms. The Morgan fingerprint density at radius 3 is 0.704 bits per heavy atom. The number of benzene rings is 5. The summed E-state index contributed by atoms with van der Waals surface area (Å²) in [4.78, 5) is 5.75. The monoisotopic (exact) mass is 1650 g/mol. The molecular formula is C95H145N5O15. The number of aliphatic hydroxyl groups excluding tert-OH is 5. The molecule has 19 unspecified atom stereocenters. The van der Waals surface area contributed by atoms with E-state index in [9.17, 15) is 25.5 Å². The molecule has 20 nitrogen and oxygen atoms in total. The highest BCUT2D eigenvalue weighted by atomic mass is 16.5. The van der Waals surface area contributed by atoms with Crippen molar-refractivity contribution in [2.75, 3.05) is 136 Å². The predicted octanol–water partition coefficient (Wildman–Crippen LogP) is 15.1. The maximum atomic E-state index is 11.0. The van der Waals surface area contributed by atoms with Gasteiger partial charge in [0.25, 0.3) is 0 Å². The molecule has 0 saturated carbocycles. The third-order valence-electron chi connectivity index (χ3n) is 21.9. The maximum Gasteiger partial charge on any atom is 0.161 e. The molecule has 10 aliphatic rings. The van der Waals surface area contributed by atoms with Crippen LogP contribution in [0.3, 0.4) is 0 Å². The van der Waals surface area contributed by atoms with Crippen LogP contribution in [-0.4, -0.2) is 217 Å². The number of ether oxygens (including phenoxy) is 10. The molecule has 5 aromatic carbocycles. The van der Waals surface area contributed by atoms with Crippen molar-refractivity contribution in [1.29, 1.82) is 0 Å². The molecule has 5 aromatic rings. The Balaban J connectivity index is 0.000000197. The van der Waals surface area contributed by atoms with Gasteiger partial charge in [-0.25, -0.2) is 0 Å². The number of hydrogen-bond acceptors (Lipinski definition) is 20. The summed E-state index contributed by atoms with van der Waals surface area (Å²) in [5.74, 6) is -16.1. The van der Waals surface area contributed by atoms with Gasteiger partial charge in [0.2, 0.25) is 0 Å². The summed E-state index contributed by atoms with van der Waals surface area (Å²) < 4.78 is 483. The summed E-state index contributed by atoms with van der Waals surface area (Å²) >= 11 is 0. The first kappa shape index (κ1) is 42.8. The van der Waals surface area contributed by atoms with Crippen LogP contribution >= 0.6 is 0 Å². The molecule has 19 atom stereocenters. The van der Waals surface area contributed by atoms with Crippen LogP contribution in [0.1, 0.15) is 291 Å². The fourth-order valence-corrected chi connectivity index (χ4v) is 16.4. The van der Waals surface area contributed by atoms with Crippen molar-refractivity contribution in [1.82, 2.24) is 24.5 Å². The van der Waals surface area contributed by atoms with E-state index in [1.165, 1.54) is 103 Å². The van der Waals surface area contributed by atoms with Crippen molar-refractivity contribution in [2.24, 2.45) is 59.1 Å². The minimum Gasteiger partial charge on any atom is -0.493 e. The van der Waals surface area contributed by atoms with Gasteiger partial charge in [0.1, 0.15) is 0 Å². The molecule has 15 rings (SSSR count). The Bertz CT molecular complexity index is 6070. The molecule has 20 heteroatoms. The third kappa shape index (κ3) is 21.1. The zero-order valence-electron chi connectivity index (χ0n) is 120. The molecule has 0 aliphatic carbocycles. The van der Waals surface area contributed by atoms with Gasteiger partial charge < -0.3 is 72.9 Å². The SMILES string of the molecule is [2H]C([2H])([2H])C([2H])(C)C([2H])([2H])C1CN2C(CC1O)c1cc(OC)c(OC)cc1C([2H])([2H])C2([2H])[2H].[2H]C([2H])([2H])C([2H])(C)C([2H])([2H])C1CN2C(CC1O)c1cc(OC)c(OC)cc1C([2H])([2H])C2([2H])[2H].[2H]C([2H])([2H])Oc1cc2c(cc1OC)C([2H])([2H])C([2H])([2H])N1CC(C([2H])([2H])C([2H])(C)C([2H])([2H])[2H])C(O)CC21.[2H]C([2H])([2H])Oc1cc2c(cc1OC)C([2H])([2H])C([2H])([2H])N1CC(C([2H])([2H])C([2H])(C)C([2H])([2H])[2H])C(O)CC21.[2H]C([2H])([2H])Oc1cc2c(cc1OC)C([2H])([2H])C([2H])([2H])N1CC(CC(C)C)C(O)CC21. The van der Waals surface area contributed by atoms with E-state index in [2.05, 4.69) is 0 Å². The van der Waals surface area contributed by atoms with Crippen molar-refractivity contribution in [3.05, 3.63) is 116 Å². The van der Waals surface area contributed by atoms with E-state index in [0.29, 0.717) is 40.5 Å². The smallest absolute Gasteiger partial charge is 0.161 e. The predicted molar refractivity (Wildman–Crippen MR) is 456 cm³/mol. The van der Waals surface area contributed by atoms with Crippen molar-refractivity contribution in [3.8, 4) is 57.5 Å². The highest BCUT2D eigenvalue weighted by molar-refractivity contribution is 5.54. The number of nitrogens with zero attached hydrogens (tertiary/aromatic N) is 5. The van der Waals surface area contributed by atoms with Crippen molar-refractivity contribution in [2.45, 2.75) is 226 Å². The van der Waals surface area contributed by atoms with Gasteiger partial charge in [-0.05, 0) is 271 Å². The quantitative estimate of drug-likeness (QED) is 0.0491. The topological polar surface area (TPSA) is 210 Å². The first-order chi connectivity index (χ1) is 75.4. The molecule has 10 heterocycles. The lowest BCUT2D eigenvalue weighted by Gasteiger charge is -2.46. The first-order valence-electron chi connectivity index (χ1n) is 64.4. The molecule has 0 amide bonds. The lowest BCUT2D eigenvalue weighted by atomic mass is 9.79. The van der Waals surface area contributed by atoms with E-state index in [1.54, 1.807) is 0 Å². The van der Waals surface area contributed by atoms with E-state index in [0.717, 1.165) is 59.4 Å². The van der Waals surface area contributed by atoms with Crippen LogP contribution in [0.2, 0.25) is 0 Å². The summed E-state index contributed by atoms with van der Waals surface area (Å²) in [5, 5.41) is 54.5. The number of fused-ring (bicyclic) bond motifs is 15.